The molecule has 4 rings (SSSR count). The molecule has 0 aromatic heterocycles. The Hall–Kier alpha value is -0.660. The van der Waals surface area contributed by atoms with Gasteiger partial charge in [-0.25, -0.2) is 18.0 Å². The fourth-order valence-electron chi connectivity index (χ4n) is 4.04. The summed E-state index contributed by atoms with van der Waals surface area (Å²) in [7, 11) is -3.48. The molecule has 1 unspecified atom stereocenters. The zero-order chi connectivity index (χ0) is 12.3. The van der Waals surface area contributed by atoms with Gasteiger partial charge in [-0.2, -0.15) is 0 Å². The van der Waals surface area contributed by atoms with E-state index in [1.165, 1.54) is 0 Å². The van der Waals surface area contributed by atoms with Crippen LogP contribution < -0.4 is 0 Å². The van der Waals surface area contributed by atoms with E-state index in [1.807, 2.05) is 13.8 Å². The number of rotatable bonds is 0. The summed E-state index contributed by atoms with van der Waals surface area (Å²) in [6, 6.07) is 0. The van der Waals surface area contributed by atoms with Crippen molar-refractivity contribution in [1.82, 2.24) is 4.47 Å². The van der Waals surface area contributed by atoms with E-state index in [1.54, 1.807) is 0 Å². The van der Waals surface area contributed by atoms with Crippen LogP contribution >= 0.6 is 0 Å². The minimum absolute atomic E-state index is 0.00139. The lowest BCUT2D eigenvalue weighted by Crippen LogP contribution is -2.59. The molecule has 1 aliphatic carbocycles. The maximum absolute atomic E-state index is 12.0. The van der Waals surface area contributed by atoms with Crippen LogP contribution in [0.4, 0.5) is 0 Å². The van der Waals surface area contributed by atoms with Crippen LogP contribution in [0.2, 0.25) is 0 Å². The maximum atomic E-state index is 12.0. The SMILES string of the molecule is CC1(C)[C@H]2CC[C@]13CS(=O)(=O)N1O[C@@]13C(=O)O2. The Morgan fingerprint density at radius 1 is 1.41 bits per heavy atom. The maximum Gasteiger partial charge on any atom is 0.360 e. The van der Waals surface area contributed by atoms with Gasteiger partial charge in [-0.1, -0.05) is 13.8 Å². The topological polar surface area (TPSA) is 76.0 Å². The van der Waals surface area contributed by atoms with Gasteiger partial charge in [0, 0.05) is 5.41 Å². The van der Waals surface area contributed by atoms with Gasteiger partial charge >= 0.3 is 5.97 Å². The molecule has 17 heavy (non-hydrogen) atoms. The van der Waals surface area contributed by atoms with Crippen molar-refractivity contribution in [2.24, 2.45) is 10.8 Å². The van der Waals surface area contributed by atoms with Gasteiger partial charge < -0.3 is 4.74 Å². The minimum Gasteiger partial charge on any atom is -0.458 e. The highest BCUT2D eigenvalue weighted by atomic mass is 32.2. The number of hydrogen-bond donors (Lipinski definition) is 0. The molecule has 2 bridgehead atoms. The Kier molecular flexibility index (Phi) is 1.37. The van der Waals surface area contributed by atoms with Crippen LogP contribution in [0.1, 0.15) is 26.7 Å². The lowest BCUT2D eigenvalue weighted by Gasteiger charge is -2.46. The molecule has 0 N–H and O–H groups in total. The second-order valence-corrected chi connectivity index (χ2v) is 7.74. The zero-order valence-electron chi connectivity index (χ0n) is 9.60. The number of carbonyl (C=O) groups excluding carboxylic acids is 1. The lowest BCUT2D eigenvalue weighted by atomic mass is 9.62. The van der Waals surface area contributed by atoms with Gasteiger partial charge in [0.25, 0.3) is 5.72 Å². The van der Waals surface area contributed by atoms with Crippen molar-refractivity contribution < 1.29 is 22.8 Å². The van der Waals surface area contributed by atoms with Crippen LogP contribution in [-0.4, -0.2) is 36.4 Å². The zero-order valence-corrected chi connectivity index (χ0v) is 10.4. The van der Waals surface area contributed by atoms with Crippen LogP contribution in [0.25, 0.3) is 0 Å². The van der Waals surface area contributed by atoms with E-state index in [4.69, 9.17) is 9.57 Å². The number of fused-ring (bicyclic) bond motifs is 1. The number of carbonyl (C=O) groups is 1. The Balaban J connectivity index is 2.02. The molecule has 3 saturated heterocycles. The predicted octanol–water partition coefficient (Wildman–Crippen LogP) is 0.00510. The van der Waals surface area contributed by atoms with Crippen molar-refractivity contribution in [2.75, 3.05) is 5.75 Å². The van der Waals surface area contributed by atoms with Crippen LogP contribution in [0, 0.1) is 10.8 Å². The summed E-state index contributed by atoms with van der Waals surface area (Å²) in [5.74, 6) is -0.529. The van der Waals surface area contributed by atoms with Gasteiger partial charge in [-0.05, 0) is 17.3 Å². The smallest absolute Gasteiger partial charge is 0.360 e. The normalized spacial score (nSPS) is 56.0. The third kappa shape index (κ3) is 0.750. The molecule has 1 saturated carbocycles. The van der Waals surface area contributed by atoms with Gasteiger partial charge in [-0.15, -0.1) is 0 Å². The average molecular weight is 259 g/mol. The quantitative estimate of drug-likeness (QED) is 0.452. The Morgan fingerprint density at radius 3 is 2.76 bits per heavy atom. The lowest BCUT2D eigenvalue weighted by molar-refractivity contribution is -0.187. The van der Waals surface area contributed by atoms with Gasteiger partial charge in [0.1, 0.15) is 6.10 Å². The predicted molar refractivity (Wildman–Crippen MR) is 54.8 cm³/mol. The van der Waals surface area contributed by atoms with Crippen molar-refractivity contribution in [3.63, 3.8) is 0 Å². The molecule has 4 aliphatic rings. The standard InChI is InChI=1S/C10H13NO5S/c1-8(2)6-3-4-9(8)5-17(13,14)11-10(9,16-11)7(12)15-6/h6H,3-5H2,1-2H3/t6-,9+,10-,11?/m1/s1. The highest BCUT2D eigenvalue weighted by molar-refractivity contribution is 7.89. The molecule has 94 valence electrons. The Morgan fingerprint density at radius 2 is 2.12 bits per heavy atom. The number of hydroxylamine groups is 1. The van der Waals surface area contributed by atoms with E-state index in [-0.39, 0.29) is 17.3 Å². The molecule has 2 spiro atoms. The molecule has 0 aromatic rings. The molecule has 3 heterocycles. The van der Waals surface area contributed by atoms with Crippen molar-refractivity contribution in [3.8, 4) is 0 Å². The third-order valence-electron chi connectivity index (χ3n) is 5.17. The summed E-state index contributed by atoms with van der Waals surface area (Å²) in [4.78, 5) is 17.2. The fourth-order valence-corrected chi connectivity index (χ4v) is 6.35. The van der Waals surface area contributed by atoms with E-state index in [2.05, 4.69) is 0 Å². The summed E-state index contributed by atoms with van der Waals surface area (Å²) >= 11 is 0. The summed E-state index contributed by atoms with van der Waals surface area (Å²) in [6.45, 7) is 3.94. The van der Waals surface area contributed by atoms with Crippen molar-refractivity contribution >= 4 is 16.0 Å². The number of ether oxygens (including phenoxy) is 1. The second kappa shape index (κ2) is 2.26. The molecule has 0 aromatic carbocycles. The van der Waals surface area contributed by atoms with E-state index in [0.29, 0.717) is 12.8 Å². The summed E-state index contributed by atoms with van der Waals surface area (Å²) < 4.78 is 30.2. The minimum atomic E-state index is -3.48. The molecule has 4 atom stereocenters. The molecular formula is C10H13NO5S. The Labute approximate surface area is 98.9 Å². The largest absolute Gasteiger partial charge is 0.458 e. The molecule has 4 fully saturated rings. The van der Waals surface area contributed by atoms with Crippen LogP contribution in [0.15, 0.2) is 0 Å². The van der Waals surface area contributed by atoms with Crippen molar-refractivity contribution in [2.45, 2.75) is 38.5 Å². The first kappa shape index (κ1) is 10.3. The van der Waals surface area contributed by atoms with Crippen molar-refractivity contribution in [1.29, 1.82) is 0 Å². The van der Waals surface area contributed by atoms with E-state index in [9.17, 15) is 13.2 Å². The van der Waals surface area contributed by atoms with Gasteiger partial charge in [0.15, 0.2) is 0 Å². The molecule has 0 radical (unpaired) electrons. The number of hydrogen-bond acceptors (Lipinski definition) is 5. The first-order chi connectivity index (χ1) is 7.78. The summed E-state index contributed by atoms with van der Waals surface area (Å²) in [5.41, 5.74) is -2.35. The molecule has 6 nitrogen and oxygen atoms in total. The first-order valence-electron chi connectivity index (χ1n) is 5.71. The molecule has 3 aliphatic heterocycles. The summed E-state index contributed by atoms with van der Waals surface area (Å²) in [5, 5.41) is 0. The monoisotopic (exact) mass is 259 g/mol. The van der Waals surface area contributed by atoms with Crippen LogP contribution in [0.5, 0.6) is 0 Å². The fraction of sp³-hybridized carbons (Fsp3) is 0.900. The molecule has 0 amide bonds. The number of nitrogens with zero attached hydrogens (tertiary/aromatic N) is 1. The second-order valence-electron chi connectivity index (χ2n) is 5.96. The molecule has 7 heteroatoms. The van der Waals surface area contributed by atoms with E-state index >= 15 is 0 Å². The first-order valence-corrected chi connectivity index (χ1v) is 7.32. The van der Waals surface area contributed by atoms with E-state index in [0.717, 1.165) is 4.47 Å². The van der Waals surface area contributed by atoms with Gasteiger partial charge in [0.05, 0.1) is 11.2 Å². The van der Waals surface area contributed by atoms with Crippen LogP contribution in [0.3, 0.4) is 0 Å². The van der Waals surface area contributed by atoms with E-state index < -0.39 is 27.1 Å². The average Bonchev–Trinajstić information content (AvgIpc) is 2.89. The van der Waals surface area contributed by atoms with Gasteiger partial charge in [0.2, 0.25) is 10.0 Å². The molecular weight excluding hydrogens is 246 g/mol. The number of sulfonamides is 1. The third-order valence-corrected chi connectivity index (χ3v) is 6.86. The Bertz CT molecular complexity index is 555. The number of esters is 1. The van der Waals surface area contributed by atoms with Crippen LogP contribution in [-0.2, 0) is 24.4 Å². The highest BCUT2D eigenvalue weighted by Gasteiger charge is 2.91. The van der Waals surface area contributed by atoms with Crippen molar-refractivity contribution in [3.05, 3.63) is 0 Å². The summed E-state index contributed by atoms with van der Waals surface area (Å²) in [6.07, 6.45) is 1.18. The van der Waals surface area contributed by atoms with Gasteiger partial charge in [-0.3, -0.25) is 0 Å². The highest BCUT2D eigenvalue weighted by Crippen LogP contribution is 2.73.